The summed E-state index contributed by atoms with van der Waals surface area (Å²) in [4.78, 5) is 25.1. The number of ether oxygens (including phenoxy) is 1. The Hall–Kier alpha value is -2.11. The summed E-state index contributed by atoms with van der Waals surface area (Å²) in [5, 5.41) is 9.43. The highest BCUT2D eigenvalue weighted by molar-refractivity contribution is 5.76. The van der Waals surface area contributed by atoms with Gasteiger partial charge in [-0.25, -0.2) is 9.18 Å². The van der Waals surface area contributed by atoms with E-state index in [2.05, 4.69) is 0 Å². The molecule has 0 radical (unpaired) electrons. The summed E-state index contributed by atoms with van der Waals surface area (Å²) in [5.41, 5.74) is 0.443. The summed E-state index contributed by atoms with van der Waals surface area (Å²) in [7, 11) is 0. The Labute approximate surface area is 135 Å². The molecule has 6 heteroatoms. The second-order valence-electron chi connectivity index (χ2n) is 6.95. The van der Waals surface area contributed by atoms with E-state index >= 15 is 0 Å². The molecular weight excluding hydrogens is 301 g/mol. The zero-order chi connectivity index (χ0) is 17.4. The SMILES string of the molecule is Cc1ccc([C@@H]2CN(C(=O)OC(C)(C)C)C[C@H]2C(=O)O)cc1F. The maximum atomic E-state index is 13.8. The number of aliphatic carboxylic acids is 1. The number of amides is 1. The first kappa shape index (κ1) is 17.2. The number of carbonyl (C=O) groups is 2. The molecule has 2 atom stereocenters. The van der Waals surface area contributed by atoms with Crippen molar-refractivity contribution >= 4 is 12.1 Å². The van der Waals surface area contributed by atoms with E-state index in [1.165, 1.54) is 11.0 Å². The van der Waals surface area contributed by atoms with E-state index < -0.39 is 29.5 Å². The third kappa shape index (κ3) is 4.00. The first-order valence-corrected chi connectivity index (χ1v) is 7.55. The fraction of sp³-hybridized carbons (Fsp3) is 0.529. The monoisotopic (exact) mass is 323 g/mol. The van der Waals surface area contributed by atoms with Crippen molar-refractivity contribution in [3.8, 4) is 0 Å². The van der Waals surface area contributed by atoms with Crippen molar-refractivity contribution in [2.24, 2.45) is 5.92 Å². The van der Waals surface area contributed by atoms with Gasteiger partial charge < -0.3 is 14.7 Å². The number of carboxylic acid groups (broad SMARTS) is 1. The molecule has 2 rings (SSSR count). The average Bonchev–Trinajstić information content (AvgIpc) is 2.85. The Balaban J connectivity index is 2.23. The first-order valence-electron chi connectivity index (χ1n) is 7.55. The summed E-state index contributed by atoms with van der Waals surface area (Å²) in [6, 6.07) is 4.70. The molecule has 0 unspecified atom stereocenters. The molecule has 0 spiro atoms. The van der Waals surface area contributed by atoms with E-state index in [1.807, 2.05) is 0 Å². The van der Waals surface area contributed by atoms with Crippen LogP contribution in [-0.2, 0) is 9.53 Å². The van der Waals surface area contributed by atoms with Crippen molar-refractivity contribution < 1.29 is 23.8 Å². The Morgan fingerprint density at radius 1 is 1.30 bits per heavy atom. The van der Waals surface area contributed by atoms with Gasteiger partial charge in [0.15, 0.2) is 0 Å². The number of rotatable bonds is 2. The fourth-order valence-electron chi connectivity index (χ4n) is 2.71. The summed E-state index contributed by atoms with van der Waals surface area (Å²) in [6.07, 6.45) is -0.543. The molecule has 0 saturated carbocycles. The molecular formula is C17H22FNO4. The van der Waals surface area contributed by atoms with Gasteiger partial charge in [-0.05, 0) is 44.9 Å². The molecule has 0 bridgehead atoms. The number of aryl methyl sites for hydroxylation is 1. The number of nitrogens with zero attached hydrogens (tertiary/aromatic N) is 1. The number of carboxylic acids is 1. The highest BCUT2D eigenvalue weighted by atomic mass is 19.1. The minimum atomic E-state index is -0.998. The highest BCUT2D eigenvalue weighted by Gasteiger charge is 2.41. The van der Waals surface area contributed by atoms with Crippen molar-refractivity contribution in [1.29, 1.82) is 0 Å². The predicted octanol–water partition coefficient (Wildman–Crippen LogP) is 3.17. The van der Waals surface area contributed by atoms with Gasteiger partial charge in [-0.15, -0.1) is 0 Å². The van der Waals surface area contributed by atoms with Crippen molar-refractivity contribution in [2.45, 2.75) is 39.2 Å². The van der Waals surface area contributed by atoms with Crippen LogP contribution in [0.2, 0.25) is 0 Å². The minimum Gasteiger partial charge on any atom is -0.481 e. The lowest BCUT2D eigenvalue weighted by molar-refractivity contribution is -0.141. The highest BCUT2D eigenvalue weighted by Crippen LogP contribution is 2.34. The van der Waals surface area contributed by atoms with Gasteiger partial charge in [-0.1, -0.05) is 12.1 Å². The third-order valence-corrected chi connectivity index (χ3v) is 3.91. The van der Waals surface area contributed by atoms with E-state index in [-0.39, 0.29) is 18.9 Å². The number of carbonyl (C=O) groups excluding carboxylic acids is 1. The van der Waals surface area contributed by atoms with Crippen LogP contribution in [0.4, 0.5) is 9.18 Å². The first-order chi connectivity index (χ1) is 10.6. The van der Waals surface area contributed by atoms with Gasteiger partial charge >= 0.3 is 12.1 Å². The van der Waals surface area contributed by atoms with Crippen molar-refractivity contribution in [3.05, 3.63) is 35.1 Å². The van der Waals surface area contributed by atoms with Gasteiger partial charge in [0.05, 0.1) is 5.92 Å². The average molecular weight is 323 g/mol. The van der Waals surface area contributed by atoms with E-state index in [1.54, 1.807) is 39.8 Å². The quantitative estimate of drug-likeness (QED) is 0.908. The van der Waals surface area contributed by atoms with Gasteiger partial charge in [-0.2, -0.15) is 0 Å². The Morgan fingerprint density at radius 2 is 1.96 bits per heavy atom. The molecule has 1 aliphatic rings. The molecule has 0 aromatic heterocycles. The molecule has 1 saturated heterocycles. The van der Waals surface area contributed by atoms with Crippen LogP contribution in [0.5, 0.6) is 0 Å². The van der Waals surface area contributed by atoms with Crippen LogP contribution >= 0.6 is 0 Å². The van der Waals surface area contributed by atoms with Crippen molar-refractivity contribution in [3.63, 3.8) is 0 Å². The predicted molar refractivity (Wildman–Crippen MR) is 82.8 cm³/mol. The third-order valence-electron chi connectivity index (χ3n) is 3.91. The zero-order valence-electron chi connectivity index (χ0n) is 13.8. The molecule has 0 aliphatic carbocycles. The number of hydrogen-bond donors (Lipinski definition) is 1. The zero-order valence-corrected chi connectivity index (χ0v) is 13.8. The van der Waals surface area contributed by atoms with Crippen LogP contribution in [0, 0.1) is 18.7 Å². The molecule has 126 valence electrons. The molecule has 1 heterocycles. The van der Waals surface area contributed by atoms with E-state index in [4.69, 9.17) is 4.74 Å². The second-order valence-corrected chi connectivity index (χ2v) is 6.95. The van der Waals surface area contributed by atoms with Crippen LogP contribution in [-0.4, -0.2) is 40.8 Å². The Kier molecular flexibility index (Phi) is 4.63. The van der Waals surface area contributed by atoms with Crippen LogP contribution in [0.3, 0.4) is 0 Å². The summed E-state index contributed by atoms with van der Waals surface area (Å²) < 4.78 is 19.1. The molecule has 23 heavy (non-hydrogen) atoms. The number of likely N-dealkylation sites (tertiary alicyclic amines) is 1. The molecule has 1 fully saturated rings. The lowest BCUT2D eigenvalue weighted by Gasteiger charge is -2.24. The van der Waals surface area contributed by atoms with Crippen LogP contribution < -0.4 is 0 Å². The fourth-order valence-corrected chi connectivity index (χ4v) is 2.71. The summed E-state index contributed by atoms with van der Waals surface area (Å²) in [5.74, 6) is -2.59. The molecule has 1 aromatic carbocycles. The van der Waals surface area contributed by atoms with E-state index in [0.717, 1.165) is 0 Å². The minimum absolute atomic E-state index is 0.0599. The molecule has 1 aromatic rings. The number of halogens is 1. The second kappa shape index (κ2) is 6.18. The normalized spacial score (nSPS) is 21.3. The van der Waals surface area contributed by atoms with Gasteiger partial charge in [0.1, 0.15) is 11.4 Å². The Bertz CT molecular complexity index is 624. The maximum Gasteiger partial charge on any atom is 0.410 e. The molecule has 1 aliphatic heterocycles. The summed E-state index contributed by atoms with van der Waals surface area (Å²) >= 11 is 0. The Morgan fingerprint density at radius 3 is 2.48 bits per heavy atom. The standard InChI is InChI=1S/C17H22FNO4/c1-10-5-6-11(7-14(10)18)12-8-19(9-13(12)15(20)21)16(22)23-17(2,3)4/h5-7,12-13H,8-9H2,1-4H3,(H,20,21)/t12-,13+/m0/s1. The van der Waals surface area contributed by atoms with Crippen LogP contribution in [0.15, 0.2) is 18.2 Å². The lowest BCUT2D eigenvalue weighted by Crippen LogP contribution is -2.35. The molecule has 1 amide bonds. The van der Waals surface area contributed by atoms with Crippen LogP contribution in [0.25, 0.3) is 0 Å². The molecule has 5 nitrogen and oxygen atoms in total. The molecule has 1 N–H and O–H groups in total. The smallest absolute Gasteiger partial charge is 0.410 e. The topological polar surface area (TPSA) is 66.8 Å². The maximum absolute atomic E-state index is 13.8. The number of hydrogen-bond acceptors (Lipinski definition) is 3. The van der Waals surface area contributed by atoms with Gasteiger partial charge in [0, 0.05) is 19.0 Å². The largest absolute Gasteiger partial charge is 0.481 e. The lowest BCUT2D eigenvalue weighted by atomic mass is 9.88. The van der Waals surface area contributed by atoms with Crippen molar-refractivity contribution in [1.82, 2.24) is 4.90 Å². The van der Waals surface area contributed by atoms with Crippen molar-refractivity contribution in [2.75, 3.05) is 13.1 Å². The van der Waals surface area contributed by atoms with Crippen LogP contribution in [0.1, 0.15) is 37.8 Å². The number of benzene rings is 1. The van der Waals surface area contributed by atoms with Gasteiger partial charge in [0.2, 0.25) is 0 Å². The van der Waals surface area contributed by atoms with E-state index in [9.17, 15) is 19.1 Å². The van der Waals surface area contributed by atoms with Gasteiger partial charge in [-0.3, -0.25) is 4.79 Å². The van der Waals surface area contributed by atoms with Gasteiger partial charge in [0.25, 0.3) is 0 Å². The summed E-state index contributed by atoms with van der Waals surface area (Å²) in [6.45, 7) is 7.17. The van der Waals surface area contributed by atoms with E-state index in [0.29, 0.717) is 11.1 Å².